The van der Waals surface area contributed by atoms with Gasteiger partial charge in [-0.15, -0.1) is 10.2 Å². The number of nitrogens with zero attached hydrogens (tertiary/aromatic N) is 3. The van der Waals surface area contributed by atoms with Crippen molar-refractivity contribution in [2.75, 3.05) is 5.32 Å². The molecule has 2 rings (SSSR count). The van der Waals surface area contributed by atoms with Crippen molar-refractivity contribution in [3.8, 4) is 0 Å². The first-order chi connectivity index (χ1) is 8.97. The Kier molecular flexibility index (Phi) is 3.72. The van der Waals surface area contributed by atoms with E-state index in [2.05, 4.69) is 15.5 Å². The number of amides is 1. The molecule has 1 aromatic heterocycles. The highest BCUT2D eigenvalue weighted by atomic mass is 35.5. The monoisotopic (exact) mass is 298 g/mol. The third-order valence-corrected chi connectivity index (χ3v) is 3.26. The van der Waals surface area contributed by atoms with Gasteiger partial charge in [-0.05, 0) is 30.7 Å². The van der Waals surface area contributed by atoms with Crippen LogP contribution in [0.1, 0.15) is 15.4 Å². The van der Waals surface area contributed by atoms with Crippen LogP contribution in [0.2, 0.25) is 4.47 Å². The van der Waals surface area contributed by atoms with Crippen LogP contribution in [0.25, 0.3) is 0 Å². The summed E-state index contributed by atoms with van der Waals surface area (Å²) in [4.78, 5) is 21.9. The van der Waals surface area contributed by atoms with E-state index in [1.165, 1.54) is 18.2 Å². The highest BCUT2D eigenvalue weighted by Gasteiger charge is 2.14. The Morgan fingerprint density at radius 2 is 2.21 bits per heavy atom. The summed E-state index contributed by atoms with van der Waals surface area (Å²) < 4.78 is 0.171. The van der Waals surface area contributed by atoms with Crippen molar-refractivity contribution in [1.82, 2.24) is 10.2 Å². The van der Waals surface area contributed by atoms with E-state index in [0.717, 1.165) is 11.3 Å². The number of carbonyl (C=O) groups excluding carboxylic acids is 1. The predicted molar refractivity (Wildman–Crippen MR) is 70.7 cm³/mol. The van der Waals surface area contributed by atoms with Crippen LogP contribution < -0.4 is 5.32 Å². The number of carbonyl (C=O) groups is 1. The largest absolute Gasteiger partial charge is 0.320 e. The van der Waals surface area contributed by atoms with Gasteiger partial charge in [0.1, 0.15) is 0 Å². The molecule has 1 N–H and O–H groups in total. The summed E-state index contributed by atoms with van der Waals surface area (Å²) in [5.74, 6) is -0.461. The zero-order chi connectivity index (χ0) is 14.0. The van der Waals surface area contributed by atoms with Crippen molar-refractivity contribution in [3.05, 3.63) is 43.4 Å². The minimum absolute atomic E-state index is 0.00282. The molecule has 0 saturated carbocycles. The van der Waals surface area contributed by atoms with E-state index in [9.17, 15) is 14.9 Å². The molecule has 7 nitrogen and oxygen atoms in total. The van der Waals surface area contributed by atoms with Gasteiger partial charge in [0.15, 0.2) is 0 Å². The predicted octanol–water partition coefficient (Wildman–Crippen LogP) is 2.66. The molecule has 0 aliphatic carbocycles. The van der Waals surface area contributed by atoms with E-state index in [1.807, 2.05) is 0 Å². The number of nitro groups is 1. The molecule has 9 heteroatoms. The molecule has 19 heavy (non-hydrogen) atoms. The molecule has 0 saturated heterocycles. The van der Waals surface area contributed by atoms with E-state index in [0.29, 0.717) is 11.3 Å². The second kappa shape index (κ2) is 5.29. The molecule has 0 aliphatic heterocycles. The van der Waals surface area contributed by atoms with Crippen LogP contribution in [0.3, 0.4) is 0 Å². The van der Waals surface area contributed by atoms with Crippen LogP contribution in [-0.2, 0) is 0 Å². The molecule has 0 fully saturated rings. The van der Waals surface area contributed by atoms with Crippen LogP contribution in [-0.4, -0.2) is 21.0 Å². The molecule has 0 aliphatic rings. The Morgan fingerprint density at radius 1 is 1.47 bits per heavy atom. The number of halogens is 1. The smallest absolute Gasteiger partial charge is 0.286 e. The van der Waals surface area contributed by atoms with E-state index >= 15 is 0 Å². The Labute approximate surface area is 116 Å². The van der Waals surface area contributed by atoms with Crippen molar-refractivity contribution in [3.63, 3.8) is 0 Å². The van der Waals surface area contributed by atoms with Crippen molar-refractivity contribution < 1.29 is 9.72 Å². The third kappa shape index (κ3) is 3.04. The quantitative estimate of drug-likeness (QED) is 0.694. The Morgan fingerprint density at radius 3 is 2.74 bits per heavy atom. The van der Waals surface area contributed by atoms with Gasteiger partial charge in [-0.2, -0.15) is 0 Å². The molecule has 1 aromatic carbocycles. The molecule has 0 spiro atoms. The number of benzene rings is 1. The maximum atomic E-state index is 11.8. The molecule has 98 valence electrons. The fraction of sp³-hybridized carbons (Fsp3) is 0.100. The normalized spacial score (nSPS) is 10.2. The minimum Gasteiger partial charge on any atom is -0.320 e. The number of nitro benzene ring substituents is 1. The van der Waals surface area contributed by atoms with Crippen LogP contribution in [0, 0.1) is 17.0 Å². The zero-order valence-electron chi connectivity index (χ0n) is 9.58. The van der Waals surface area contributed by atoms with Crippen molar-refractivity contribution in [1.29, 1.82) is 0 Å². The molecule has 0 bridgehead atoms. The minimum atomic E-state index is -0.481. The summed E-state index contributed by atoms with van der Waals surface area (Å²) in [6, 6.07) is 4.29. The fourth-order valence-electron chi connectivity index (χ4n) is 1.42. The Bertz CT molecular complexity index is 658. The molecule has 0 atom stereocenters. The molecule has 2 aromatic rings. The first kappa shape index (κ1) is 13.4. The van der Waals surface area contributed by atoms with Crippen molar-refractivity contribution in [2.45, 2.75) is 6.92 Å². The summed E-state index contributed by atoms with van der Waals surface area (Å²) in [6.45, 7) is 1.59. The number of hydrogen-bond donors (Lipinski definition) is 1. The topological polar surface area (TPSA) is 98.0 Å². The van der Waals surface area contributed by atoms with E-state index < -0.39 is 10.8 Å². The molecule has 1 amide bonds. The Balaban J connectivity index is 2.18. The number of aromatic nitrogens is 2. The van der Waals surface area contributed by atoms with Gasteiger partial charge in [0.05, 0.1) is 4.92 Å². The summed E-state index contributed by atoms with van der Waals surface area (Å²) in [5, 5.41) is 20.5. The zero-order valence-corrected chi connectivity index (χ0v) is 11.2. The maximum absolute atomic E-state index is 11.8. The number of aryl methyl sites for hydroxylation is 1. The lowest BCUT2D eigenvalue weighted by molar-refractivity contribution is -0.385. The highest BCUT2D eigenvalue weighted by Crippen LogP contribution is 2.22. The van der Waals surface area contributed by atoms with Gasteiger partial charge in [-0.1, -0.05) is 11.3 Å². The first-order valence-electron chi connectivity index (χ1n) is 5.03. The van der Waals surface area contributed by atoms with Crippen LogP contribution in [0.5, 0.6) is 0 Å². The second-order valence-electron chi connectivity index (χ2n) is 3.57. The fourth-order valence-corrected chi connectivity index (χ4v) is 2.14. The highest BCUT2D eigenvalue weighted by molar-refractivity contribution is 7.17. The second-order valence-corrected chi connectivity index (χ2v) is 5.13. The standard InChI is InChI=1S/C10H7ClN4O3S/c1-5-4-6(2-3-7(5)15(17)18)12-8(16)9-13-14-10(11)19-9/h2-4H,1H3,(H,12,16). The van der Waals surface area contributed by atoms with Gasteiger partial charge in [-0.3, -0.25) is 14.9 Å². The average Bonchev–Trinajstić information content (AvgIpc) is 2.75. The molecule has 1 heterocycles. The maximum Gasteiger partial charge on any atom is 0.286 e. The average molecular weight is 299 g/mol. The van der Waals surface area contributed by atoms with E-state index in [4.69, 9.17) is 11.6 Å². The lowest BCUT2D eigenvalue weighted by Gasteiger charge is -2.04. The van der Waals surface area contributed by atoms with Crippen LogP contribution in [0.4, 0.5) is 11.4 Å². The van der Waals surface area contributed by atoms with Crippen LogP contribution >= 0.6 is 22.9 Å². The van der Waals surface area contributed by atoms with Gasteiger partial charge in [-0.25, -0.2) is 0 Å². The summed E-state index contributed by atoms with van der Waals surface area (Å²) in [5.41, 5.74) is 0.898. The van der Waals surface area contributed by atoms with Gasteiger partial charge in [0, 0.05) is 17.3 Å². The summed E-state index contributed by atoms with van der Waals surface area (Å²) in [7, 11) is 0. The third-order valence-electron chi connectivity index (χ3n) is 2.25. The van der Waals surface area contributed by atoms with Gasteiger partial charge in [0.2, 0.25) is 9.47 Å². The van der Waals surface area contributed by atoms with Gasteiger partial charge < -0.3 is 5.32 Å². The molecular formula is C10H7ClN4O3S. The van der Waals surface area contributed by atoms with Crippen molar-refractivity contribution >= 4 is 40.2 Å². The lowest BCUT2D eigenvalue weighted by atomic mass is 10.2. The Hall–Kier alpha value is -2.06. The number of nitrogens with one attached hydrogen (secondary N) is 1. The summed E-state index contributed by atoms with van der Waals surface area (Å²) in [6.07, 6.45) is 0. The SMILES string of the molecule is Cc1cc(NC(=O)c2nnc(Cl)s2)ccc1[N+](=O)[O-]. The van der Waals surface area contributed by atoms with Crippen molar-refractivity contribution in [2.24, 2.45) is 0 Å². The van der Waals surface area contributed by atoms with Crippen LogP contribution in [0.15, 0.2) is 18.2 Å². The molecular weight excluding hydrogens is 292 g/mol. The summed E-state index contributed by atoms with van der Waals surface area (Å²) >= 11 is 6.53. The molecule has 0 radical (unpaired) electrons. The number of rotatable bonds is 3. The first-order valence-corrected chi connectivity index (χ1v) is 6.22. The van der Waals surface area contributed by atoms with Gasteiger partial charge in [0.25, 0.3) is 11.6 Å². The number of anilines is 1. The van der Waals surface area contributed by atoms with Gasteiger partial charge >= 0.3 is 0 Å². The van der Waals surface area contributed by atoms with E-state index in [1.54, 1.807) is 6.92 Å². The van der Waals surface area contributed by atoms with E-state index in [-0.39, 0.29) is 15.2 Å². The number of hydrogen-bond acceptors (Lipinski definition) is 6. The lowest BCUT2D eigenvalue weighted by Crippen LogP contribution is -2.11. The molecule has 0 unspecified atom stereocenters.